The van der Waals surface area contributed by atoms with Crippen LogP contribution < -0.4 is 10.9 Å². The Morgan fingerprint density at radius 3 is 2.43 bits per heavy atom. The number of nitro benzene ring substituents is 1. The molecular formula is C17H13ClF3N3O6. The van der Waals surface area contributed by atoms with Crippen LogP contribution in [0.1, 0.15) is 28.9 Å². The van der Waals surface area contributed by atoms with Crippen molar-refractivity contribution in [3.63, 3.8) is 0 Å². The number of methoxy groups -OCH3 is 1. The minimum atomic E-state index is -4.89. The summed E-state index contributed by atoms with van der Waals surface area (Å²) in [5.41, 5.74) is -3.88. The Bertz CT molecular complexity index is 1080. The molecule has 1 aromatic carbocycles. The number of rotatable bonds is 5. The van der Waals surface area contributed by atoms with Gasteiger partial charge in [-0.2, -0.15) is 13.2 Å². The SMILES string of the molecule is COC(=O)C(C)n1cc(C(F)(F)F)cc(NC(=O)c2ccc([N+](=O)[O-])c(Cl)c2)c1=O. The molecule has 13 heteroatoms. The van der Waals surface area contributed by atoms with E-state index in [0.29, 0.717) is 16.8 Å². The third-order valence-corrected chi connectivity index (χ3v) is 4.29. The summed E-state index contributed by atoms with van der Waals surface area (Å²) in [6, 6.07) is 1.88. The Labute approximate surface area is 171 Å². The maximum absolute atomic E-state index is 13.2. The van der Waals surface area contributed by atoms with Crippen LogP contribution in [-0.2, 0) is 15.7 Å². The maximum atomic E-state index is 13.2. The lowest BCUT2D eigenvalue weighted by Gasteiger charge is -2.17. The largest absolute Gasteiger partial charge is 0.467 e. The molecule has 0 aliphatic heterocycles. The molecule has 0 saturated carbocycles. The number of esters is 1. The van der Waals surface area contributed by atoms with Crippen LogP contribution in [0.3, 0.4) is 0 Å². The summed E-state index contributed by atoms with van der Waals surface area (Å²) in [6.07, 6.45) is -4.45. The summed E-state index contributed by atoms with van der Waals surface area (Å²) in [4.78, 5) is 46.6. The van der Waals surface area contributed by atoms with Gasteiger partial charge in [0.2, 0.25) is 0 Å². The third kappa shape index (κ3) is 4.76. The van der Waals surface area contributed by atoms with E-state index in [1.807, 2.05) is 5.32 Å². The quantitative estimate of drug-likeness (QED) is 0.426. The highest BCUT2D eigenvalue weighted by Crippen LogP contribution is 2.31. The Morgan fingerprint density at radius 1 is 1.30 bits per heavy atom. The number of ether oxygens (including phenoxy) is 1. The predicted octanol–water partition coefficient (Wildman–Crippen LogP) is 3.42. The zero-order valence-electron chi connectivity index (χ0n) is 15.3. The standard InChI is InChI=1S/C17H13ClF3N3O6/c1-8(16(27)30-2)23-7-10(17(19,20)21)6-12(15(23)26)22-14(25)9-3-4-13(24(28)29)11(18)5-9/h3-8H,1-2H3,(H,22,25). The first-order valence-corrected chi connectivity index (χ1v) is 8.41. The number of carbonyl (C=O) groups excluding carboxylic acids is 2. The van der Waals surface area contributed by atoms with Gasteiger partial charge in [-0.1, -0.05) is 11.6 Å². The first-order chi connectivity index (χ1) is 13.9. The summed E-state index contributed by atoms with van der Waals surface area (Å²) >= 11 is 5.72. The number of pyridine rings is 1. The van der Waals surface area contributed by atoms with Crippen LogP contribution in [0, 0.1) is 10.1 Å². The van der Waals surface area contributed by atoms with Gasteiger partial charge in [-0.05, 0) is 25.1 Å². The number of hydrogen-bond donors (Lipinski definition) is 1. The van der Waals surface area contributed by atoms with Crippen molar-refractivity contribution in [3.05, 3.63) is 67.1 Å². The molecule has 0 fully saturated rings. The van der Waals surface area contributed by atoms with Gasteiger partial charge in [0.1, 0.15) is 16.8 Å². The molecule has 160 valence electrons. The molecular weight excluding hydrogens is 435 g/mol. The number of carbonyl (C=O) groups is 2. The van der Waals surface area contributed by atoms with Crippen LogP contribution in [0.2, 0.25) is 5.02 Å². The summed E-state index contributed by atoms with van der Waals surface area (Å²) < 4.78 is 44.6. The van der Waals surface area contributed by atoms with Crippen LogP contribution in [0.5, 0.6) is 0 Å². The van der Waals surface area contributed by atoms with Crippen LogP contribution in [-0.4, -0.2) is 28.5 Å². The zero-order chi connectivity index (χ0) is 22.8. The molecule has 1 aromatic heterocycles. The number of hydrogen-bond acceptors (Lipinski definition) is 6. The van der Waals surface area contributed by atoms with Crippen molar-refractivity contribution >= 4 is 34.9 Å². The van der Waals surface area contributed by atoms with Gasteiger partial charge in [0.15, 0.2) is 0 Å². The predicted molar refractivity (Wildman–Crippen MR) is 98.5 cm³/mol. The van der Waals surface area contributed by atoms with Gasteiger partial charge < -0.3 is 10.1 Å². The number of nitrogens with zero attached hydrogens (tertiary/aromatic N) is 2. The Morgan fingerprint density at radius 2 is 1.93 bits per heavy atom. The molecule has 9 nitrogen and oxygen atoms in total. The van der Waals surface area contributed by atoms with Crippen molar-refractivity contribution < 1.29 is 32.4 Å². The van der Waals surface area contributed by atoms with Crippen LogP contribution in [0.4, 0.5) is 24.5 Å². The van der Waals surface area contributed by atoms with Crippen LogP contribution in [0.15, 0.2) is 35.3 Å². The summed E-state index contributed by atoms with van der Waals surface area (Å²) in [5, 5.41) is 12.4. The molecule has 0 spiro atoms. The average molecular weight is 448 g/mol. The molecule has 1 unspecified atom stereocenters. The highest BCUT2D eigenvalue weighted by molar-refractivity contribution is 6.33. The Kier molecular flexibility index (Phi) is 6.50. The lowest BCUT2D eigenvalue weighted by molar-refractivity contribution is -0.384. The smallest absolute Gasteiger partial charge is 0.417 e. The molecule has 0 bridgehead atoms. The van der Waals surface area contributed by atoms with Crippen LogP contribution >= 0.6 is 11.6 Å². The van der Waals surface area contributed by atoms with Crippen LogP contribution in [0.25, 0.3) is 0 Å². The van der Waals surface area contributed by atoms with E-state index in [2.05, 4.69) is 4.74 Å². The summed E-state index contributed by atoms with van der Waals surface area (Å²) in [6.45, 7) is 1.15. The fraction of sp³-hybridized carbons (Fsp3) is 0.235. The molecule has 1 amide bonds. The fourth-order valence-electron chi connectivity index (χ4n) is 2.41. The van der Waals surface area contributed by atoms with E-state index < -0.39 is 51.5 Å². The first kappa shape index (κ1) is 22.9. The van der Waals surface area contributed by atoms with Crippen molar-refractivity contribution in [1.82, 2.24) is 4.57 Å². The van der Waals surface area contributed by atoms with E-state index in [1.54, 1.807) is 0 Å². The highest BCUT2D eigenvalue weighted by atomic mass is 35.5. The van der Waals surface area contributed by atoms with Crippen molar-refractivity contribution in [2.45, 2.75) is 19.1 Å². The molecule has 0 aliphatic carbocycles. The van der Waals surface area contributed by atoms with Gasteiger partial charge in [0, 0.05) is 17.8 Å². The second-order valence-corrected chi connectivity index (χ2v) is 6.34. The molecule has 1 heterocycles. The second-order valence-electron chi connectivity index (χ2n) is 5.93. The van der Waals surface area contributed by atoms with Crippen molar-refractivity contribution in [2.24, 2.45) is 0 Å². The minimum absolute atomic E-state index is 0.241. The summed E-state index contributed by atoms with van der Waals surface area (Å²) in [5.74, 6) is -2.02. The average Bonchev–Trinajstić information content (AvgIpc) is 2.66. The van der Waals surface area contributed by atoms with Gasteiger partial charge in [0.25, 0.3) is 17.2 Å². The second kappa shape index (κ2) is 8.53. The Balaban J connectivity index is 2.51. The molecule has 2 rings (SSSR count). The van der Waals surface area contributed by atoms with E-state index >= 15 is 0 Å². The van der Waals surface area contributed by atoms with Crippen molar-refractivity contribution in [3.8, 4) is 0 Å². The van der Waals surface area contributed by atoms with Gasteiger partial charge in [-0.15, -0.1) is 0 Å². The number of benzene rings is 1. The van der Waals surface area contributed by atoms with Gasteiger partial charge >= 0.3 is 12.1 Å². The normalized spacial score (nSPS) is 12.2. The van der Waals surface area contributed by atoms with Gasteiger partial charge in [0.05, 0.1) is 17.6 Å². The van der Waals surface area contributed by atoms with E-state index in [0.717, 1.165) is 32.2 Å². The molecule has 1 N–H and O–H groups in total. The number of alkyl halides is 3. The molecule has 0 saturated heterocycles. The van der Waals surface area contributed by atoms with E-state index in [1.165, 1.54) is 0 Å². The molecule has 2 aromatic rings. The number of nitrogens with one attached hydrogen (secondary N) is 1. The molecule has 0 radical (unpaired) electrons. The fourth-order valence-corrected chi connectivity index (χ4v) is 2.66. The van der Waals surface area contributed by atoms with Crippen molar-refractivity contribution in [1.29, 1.82) is 0 Å². The number of nitro groups is 1. The zero-order valence-corrected chi connectivity index (χ0v) is 16.1. The Hall–Kier alpha value is -3.41. The maximum Gasteiger partial charge on any atom is 0.417 e. The van der Waals surface area contributed by atoms with Gasteiger partial charge in [-0.25, -0.2) is 4.79 Å². The first-order valence-electron chi connectivity index (χ1n) is 8.03. The third-order valence-electron chi connectivity index (χ3n) is 3.98. The van der Waals surface area contributed by atoms with Gasteiger partial charge in [-0.3, -0.25) is 24.3 Å². The lowest BCUT2D eigenvalue weighted by Crippen LogP contribution is -2.32. The number of amides is 1. The highest BCUT2D eigenvalue weighted by Gasteiger charge is 2.33. The number of anilines is 1. The summed E-state index contributed by atoms with van der Waals surface area (Å²) in [7, 11) is 0.999. The molecule has 0 aliphatic rings. The lowest BCUT2D eigenvalue weighted by atomic mass is 10.1. The topological polar surface area (TPSA) is 121 Å². The van der Waals surface area contributed by atoms with Crippen molar-refractivity contribution in [2.75, 3.05) is 12.4 Å². The van der Waals surface area contributed by atoms with E-state index in [9.17, 15) is 37.7 Å². The minimum Gasteiger partial charge on any atom is -0.467 e. The van der Waals surface area contributed by atoms with E-state index in [-0.39, 0.29) is 10.6 Å². The number of aromatic nitrogens is 1. The molecule has 1 atom stereocenters. The number of halogens is 4. The molecule has 30 heavy (non-hydrogen) atoms. The monoisotopic (exact) mass is 447 g/mol. The van der Waals surface area contributed by atoms with E-state index in [4.69, 9.17) is 11.6 Å².